The van der Waals surface area contributed by atoms with Gasteiger partial charge in [-0.3, -0.25) is 4.79 Å². The number of carbonyl (C=O) groups excluding carboxylic acids is 2. The summed E-state index contributed by atoms with van der Waals surface area (Å²) in [6, 6.07) is 11.2. The summed E-state index contributed by atoms with van der Waals surface area (Å²) in [5.74, 6) is 0.0876. The molecule has 2 heterocycles. The van der Waals surface area contributed by atoms with Crippen molar-refractivity contribution in [1.29, 1.82) is 0 Å². The molecule has 0 N–H and O–H groups in total. The van der Waals surface area contributed by atoms with Gasteiger partial charge in [0.05, 0.1) is 23.0 Å². The lowest BCUT2D eigenvalue weighted by Gasteiger charge is -2.11. The molecular weight excluding hydrogens is 330 g/mol. The van der Waals surface area contributed by atoms with Crippen LogP contribution in [0, 0.1) is 0 Å². The molecule has 0 fully saturated rings. The van der Waals surface area contributed by atoms with Crippen molar-refractivity contribution in [3.05, 3.63) is 65.2 Å². The van der Waals surface area contributed by atoms with E-state index in [9.17, 15) is 9.59 Å². The highest BCUT2D eigenvalue weighted by molar-refractivity contribution is 6.07. The Balaban J connectivity index is 1.86. The fourth-order valence-electron chi connectivity index (χ4n) is 3.30. The number of rotatable bonds is 4. The molecule has 5 heteroatoms. The van der Waals surface area contributed by atoms with E-state index in [4.69, 9.17) is 14.1 Å². The van der Waals surface area contributed by atoms with Gasteiger partial charge >= 0.3 is 5.97 Å². The summed E-state index contributed by atoms with van der Waals surface area (Å²) in [4.78, 5) is 28.7. The van der Waals surface area contributed by atoms with E-state index in [1.54, 1.807) is 6.26 Å². The zero-order valence-electron chi connectivity index (χ0n) is 14.3. The molecule has 1 aromatic carbocycles. The van der Waals surface area contributed by atoms with Crippen molar-refractivity contribution in [2.45, 2.75) is 19.8 Å². The van der Waals surface area contributed by atoms with Crippen molar-refractivity contribution >= 4 is 34.3 Å². The Hall–Kier alpha value is -3.21. The van der Waals surface area contributed by atoms with Crippen LogP contribution in [0.15, 0.2) is 47.1 Å². The van der Waals surface area contributed by atoms with E-state index in [2.05, 4.69) is 0 Å². The first-order chi connectivity index (χ1) is 12.6. The van der Waals surface area contributed by atoms with E-state index < -0.39 is 5.97 Å². The maximum absolute atomic E-state index is 12.7. The van der Waals surface area contributed by atoms with Gasteiger partial charge in [-0.25, -0.2) is 9.78 Å². The molecule has 5 nitrogen and oxygen atoms in total. The third-order valence-corrected chi connectivity index (χ3v) is 4.41. The molecule has 0 spiro atoms. The van der Waals surface area contributed by atoms with Gasteiger partial charge in [0.2, 0.25) is 0 Å². The molecule has 0 saturated carbocycles. The third-order valence-electron chi connectivity index (χ3n) is 4.41. The van der Waals surface area contributed by atoms with Gasteiger partial charge in [-0.05, 0) is 55.2 Å². The molecule has 0 unspecified atom stereocenters. The number of ether oxygens (including phenoxy) is 1. The highest BCUT2D eigenvalue weighted by Gasteiger charge is 2.27. The number of furan rings is 1. The predicted octanol–water partition coefficient (Wildman–Crippen LogP) is 4.06. The van der Waals surface area contributed by atoms with Crippen molar-refractivity contribution in [1.82, 2.24) is 4.98 Å². The maximum atomic E-state index is 12.7. The van der Waals surface area contributed by atoms with E-state index in [0.717, 1.165) is 39.9 Å². The van der Waals surface area contributed by atoms with Crippen LogP contribution in [0.25, 0.3) is 22.6 Å². The smallest absolute Gasteiger partial charge is 0.339 e. The maximum Gasteiger partial charge on any atom is 0.339 e. The van der Waals surface area contributed by atoms with Crippen molar-refractivity contribution in [3.63, 3.8) is 0 Å². The molecule has 0 amide bonds. The molecule has 0 radical (unpaired) electrons. The van der Waals surface area contributed by atoms with E-state index in [-0.39, 0.29) is 12.4 Å². The highest BCUT2D eigenvalue weighted by atomic mass is 16.5. The van der Waals surface area contributed by atoms with Crippen molar-refractivity contribution in [2.75, 3.05) is 6.61 Å². The number of benzene rings is 1. The molecular formula is C21H17NO4. The Morgan fingerprint density at radius 1 is 1.19 bits per heavy atom. The number of hydrogen-bond donors (Lipinski definition) is 0. The summed E-state index contributed by atoms with van der Waals surface area (Å²) in [6.07, 6.45) is 5.05. The highest BCUT2D eigenvalue weighted by Crippen LogP contribution is 2.37. The number of allylic oxidation sites excluding steroid dienone is 1. The second-order valence-electron chi connectivity index (χ2n) is 6.29. The van der Waals surface area contributed by atoms with Crippen LogP contribution in [0.3, 0.4) is 0 Å². The summed E-state index contributed by atoms with van der Waals surface area (Å²) < 4.78 is 10.6. The van der Waals surface area contributed by atoms with Crippen molar-refractivity contribution in [2.24, 2.45) is 0 Å². The lowest BCUT2D eigenvalue weighted by atomic mass is 10.0. The molecule has 0 bridgehead atoms. The van der Waals surface area contributed by atoms with Crippen LogP contribution in [0.1, 0.15) is 40.7 Å². The van der Waals surface area contributed by atoms with E-state index >= 15 is 0 Å². The third kappa shape index (κ3) is 2.92. The van der Waals surface area contributed by atoms with Gasteiger partial charge in [-0.2, -0.15) is 0 Å². The van der Waals surface area contributed by atoms with Crippen LogP contribution in [0.5, 0.6) is 0 Å². The van der Waals surface area contributed by atoms with Crippen LogP contribution < -0.4 is 0 Å². The number of ketones is 1. The summed E-state index contributed by atoms with van der Waals surface area (Å²) >= 11 is 0. The first-order valence-electron chi connectivity index (χ1n) is 8.46. The molecule has 4 rings (SSSR count). The standard InChI is InChI=1S/C21H17NO4/c1-13(23)12-26-21(24)19-16-6-2-3-7-18(16)22-20-14(8-9-17(19)20)11-15-5-4-10-25-15/h2-7,10-11H,8-9,12H2,1H3. The lowest BCUT2D eigenvalue weighted by Crippen LogP contribution is -2.14. The van der Waals surface area contributed by atoms with Gasteiger partial charge in [0.15, 0.2) is 5.78 Å². The molecule has 1 aliphatic rings. The van der Waals surface area contributed by atoms with E-state index in [1.165, 1.54) is 6.92 Å². The molecule has 26 heavy (non-hydrogen) atoms. The largest absolute Gasteiger partial charge is 0.465 e. The minimum Gasteiger partial charge on any atom is -0.465 e. The fourth-order valence-corrected chi connectivity index (χ4v) is 3.30. The van der Waals surface area contributed by atoms with Crippen molar-refractivity contribution in [3.8, 4) is 0 Å². The van der Waals surface area contributed by atoms with E-state index in [1.807, 2.05) is 42.5 Å². The number of carbonyl (C=O) groups is 2. The average molecular weight is 347 g/mol. The SMILES string of the molecule is CC(=O)COC(=O)c1c2c(nc3ccccc13)C(=Cc1ccco1)CC2. The quantitative estimate of drug-likeness (QED) is 0.666. The van der Waals surface area contributed by atoms with Crippen LogP contribution >= 0.6 is 0 Å². The van der Waals surface area contributed by atoms with Crippen molar-refractivity contribution < 1.29 is 18.7 Å². The predicted molar refractivity (Wildman–Crippen MR) is 97.6 cm³/mol. The Morgan fingerprint density at radius 2 is 2.04 bits per heavy atom. The normalized spacial score (nSPS) is 14.6. The number of aromatic nitrogens is 1. The zero-order chi connectivity index (χ0) is 18.1. The fraction of sp³-hybridized carbons (Fsp3) is 0.190. The zero-order valence-corrected chi connectivity index (χ0v) is 14.3. The molecule has 1 aliphatic carbocycles. The number of hydrogen-bond acceptors (Lipinski definition) is 5. The van der Waals surface area contributed by atoms with Gasteiger partial charge in [0.25, 0.3) is 0 Å². The molecule has 0 saturated heterocycles. The van der Waals surface area contributed by atoms with Crippen LogP contribution in [-0.4, -0.2) is 23.3 Å². The number of pyridine rings is 1. The summed E-state index contributed by atoms with van der Waals surface area (Å²) in [5, 5.41) is 0.749. The Kier molecular flexibility index (Phi) is 4.13. The van der Waals surface area contributed by atoms with Crippen LogP contribution in [0.4, 0.5) is 0 Å². The molecule has 0 aliphatic heterocycles. The molecule has 130 valence electrons. The molecule has 3 aromatic rings. The minimum atomic E-state index is -0.478. The number of nitrogens with zero attached hydrogens (tertiary/aromatic N) is 1. The second kappa shape index (κ2) is 6.59. The first kappa shape index (κ1) is 16.3. The van der Waals surface area contributed by atoms with Gasteiger partial charge in [-0.1, -0.05) is 18.2 Å². The van der Waals surface area contributed by atoms with Crippen LogP contribution in [-0.2, 0) is 16.0 Å². The average Bonchev–Trinajstić information content (AvgIpc) is 3.28. The monoisotopic (exact) mass is 347 g/mol. The van der Waals surface area contributed by atoms with Gasteiger partial charge in [0.1, 0.15) is 12.4 Å². The molecule has 2 aromatic heterocycles. The number of Topliss-reactive ketones (excluding diaryl/α,β-unsaturated/α-hetero) is 1. The Labute approximate surface area is 150 Å². The Bertz CT molecular complexity index is 1030. The Morgan fingerprint density at radius 3 is 2.81 bits per heavy atom. The summed E-state index contributed by atoms with van der Waals surface area (Å²) in [7, 11) is 0. The minimum absolute atomic E-state index is 0.188. The van der Waals surface area contributed by atoms with Gasteiger partial charge in [0, 0.05) is 5.39 Å². The van der Waals surface area contributed by atoms with Gasteiger partial charge < -0.3 is 9.15 Å². The number of esters is 1. The first-order valence-corrected chi connectivity index (χ1v) is 8.46. The molecule has 0 atom stereocenters. The topological polar surface area (TPSA) is 69.4 Å². The number of para-hydroxylation sites is 1. The summed E-state index contributed by atoms with van der Waals surface area (Å²) in [5.41, 5.74) is 3.94. The summed E-state index contributed by atoms with van der Waals surface area (Å²) in [6.45, 7) is 1.17. The lowest BCUT2D eigenvalue weighted by molar-refractivity contribution is -0.120. The van der Waals surface area contributed by atoms with Gasteiger partial charge in [-0.15, -0.1) is 0 Å². The number of fused-ring (bicyclic) bond motifs is 2. The van der Waals surface area contributed by atoms with E-state index in [0.29, 0.717) is 12.0 Å². The van der Waals surface area contributed by atoms with Crippen LogP contribution in [0.2, 0.25) is 0 Å². The second-order valence-corrected chi connectivity index (χ2v) is 6.29.